The van der Waals surface area contributed by atoms with Gasteiger partial charge in [-0.2, -0.15) is 0 Å². The number of benzene rings is 6. The molecule has 0 bridgehead atoms. The number of ether oxygens (including phenoxy) is 1. The highest BCUT2D eigenvalue weighted by molar-refractivity contribution is 6.12. The van der Waals surface area contributed by atoms with Crippen LogP contribution in [0.2, 0.25) is 0 Å². The number of hydrazine groups is 1. The molecule has 1 fully saturated rings. The van der Waals surface area contributed by atoms with Gasteiger partial charge in [0.25, 0.3) is 0 Å². The Bertz CT molecular complexity index is 1690. The lowest BCUT2D eigenvalue weighted by atomic mass is 9.99. The first-order valence-corrected chi connectivity index (χ1v) is 13.9. The highest BCUT2D eigenvalue weighted by Gasteiger charge is 2.24. The summed E-state index contributed by atoms with van der Waals surface area (Å²) in [5, 5.41) is 8.11. The second-order valence-electron chi connectivity index (χ2n) is 10.3. The van der Waals surface area contributed by atoms with E-state index in [4.69, 9.17) is 10.5 Å². The summed E-state index contributed by atoms with van der Waals surface area (Å²) in [6.45, 7) is 2.61. The Kier molecular flexibility index (Phi) is 7.92. The van der Waals surface area contributed by atoms with E-state index in [1.165, 1.54) is 27.5 Å². The molecule has 41 heavy (non-hydrogen) atoms. The summed E-state index contributed by atoms with van der Waals surface area (Å²) in [6, 6.07) is 45.6. The zero-order chi connectivity index (χ0) is 28.0. The summed E-state index contributed by atoms with van der Waals surface area (Å²) in [4.78, 5) is 0. The average molecular weight is 539 g/mol. The maximum Gasteiger partial charge on any atom is 0.151 e. The molecule has 1 heterocycles. The van der Waals surface area contributed by atoms with Gasteiger partial charge in [-0.3, -0.25) is 5.32 Å². The SMILES string of the molecule is Cc1ccc2c(ccc3ccc(N)c(OCc4ccccc4)c32)c1.c1ccc(C2NNC(c3ccccc3)N2)cc1. The first kappa shape index (κ1) is 26.5. The van der Waals surface area contributed by atoms with Crippen LogP contribution in [0.15, 0.2) is 133 Å². The van der Waals surface area contributed by atoms with Crippen molar-refractivity contribution in [3.63, 3.8) is 0 Å². The maximum absolute atomic E-state index is 6.25. The Morgan fingerprint density at radius 2 is 1.20 bits per heavy atom. The zero-order valence-electron chi connectivity index (χ0n) is 23.0. The molecule has 2 atom stereocenters. The molecule has 5 nitrogen and oxygen atoms in total. The van der Waals surface area contributed by atoms with E-state index in [1.54, 1.807) is 0 Å². The van der Waals surface area contributed by atoms with Gasteiger partial charge in [0, 0.05) is 5.39 Å². The van der Waals surface area contributed by atoms with Crippen LogP contribution in [0.1, 0.15) is 34.6 Å². The quantitative estimate of drug-likeness (QED) is 0.135. The van der Waals surface area contributed by atoms with Crippen molar-refractivity contribution in [2.45, 2.75) is 25.9 Å². The van der Waals surface area contributed by atoms with Gasteiger partial charge in [-0.05, 0) is 45.8 Å². The highest BCUT2D eigenvalue weighted by atomic mass is 16.5. The maximum atomic E-state index is 6.25. The van der Waals surface area contributed by atoms with E-state index in [-0.39, 0.29) is 12.3 Å². The van der Waals surface area contributed by atoms with E-state index < -0.39 is 0 Å². The first-order valence-electron chi connectivity index (χ1n) is 13.9. The van der Waals surface area contributed by atoms with Crippen LogP contribution in [0.25, 0.3) is 21.5 Å². The number of nitrogens with one attached hydrogen (secondary N) is 3. The van der Waals surface area contributed by atoms with Crippen LogP contribution in [0, 0.1) is 6.92 Å². The molecule has 2 unspecified atom stereocenters. The molecular weight excluding hydrogens is 504 g/mol. The van der Waals surface area contributed by atoms with Gasteiger partial charge in [-0.25, -0.2) is 10.9 Å². The number of fused-ring (bicyclic) bond motifs is 3. The molecule has 7 rings (SSSR count). The van der Waals surface area contributed by atoms with Gasteiger partial charge in [0.2, 0.25) is 0 Å². The molecule has 1 saturated heterocycles. The predicted molar refractivity (Wildman–Crippen MR) is 169 cm³/mol. The van der Waals surface area contributed by atoms with Crippen LogP contribution in [-0.4, -0.2) is 0 Å². The number of nitrogen functional groups attached to an aromatic ring is 1. The van der Waals surface area contributed by atoms with Crippen molar-refractivity contribution in [3.8, 4) is 5.75 Å². The largest absolute Gasteiger partial charge is 0.486 e. The standard InChI is InChI=1S/C22H19NO.C14H15N3/c1-15-7-11-19-18(13-15)9-8-17-10-12-20(23)22(21(17)19)24-14-16-5-3-2-4-6-16;1-3-7-11(8-4-1)13-15-14(17-16-13)12-9-5-2-6-10-12/h2-13H,14,23H2,1H3;1-10,13-17H. The number of hydrogen-bond acceptors (Lipinski definition) is 5. The minimum Gasteiger partial charge on any atom is -0.486 e. The van der Waals surface area contributed by atoms with E-state index in [0.717, 1.165) is 22.1 Å². The van der Waals surface area contributed by atoms with Gasteiger partial charge < -0.3 is 10.5 Å². The molecule has 0 spiro atoms. The predicted octanol–water partition coefficient (Wildman–Crippen LogP) is 7.54. The molecule has 0 aromatic heterocycles. The number of hydrogen-bond donors (Lipinski definition) is 4. The average Bonchev–Trinajstić information content (AvgIpc) is 3.53. The summed E-state index contributed by atoms with van der Waals surface area (Å²) in [7, 11) is 0. The molecule has 0 saturated carbocycles. The van der Waals surface area contributed by atoms with E-state index in [0.29, 0.717) is 12.3 Å². The van der Waals surface area contributed by atoms with Gasteiger partial charge in [-0.15, -0.1) is 0 Å². The number of anilines is 1. The third kappa shape index (κ3) is 6.08. The number of rotatable bonds is 5. The van der Waals surface area contributed by atoms with E-state index in [2.05, 4.69) is 120 Å². The molecule has 0 radical (unpaired) electrons. The Labute approximate surface area is 240 Å². The van der Waals surface area contributed by atoms with Gasteiger partial charge in [-0.1, -0.05) is 133 Å². The Morgan fingerprint density at radius 3 is 1.83 bits per heavy atom. The molecule has 6 aromatic carbocycles. The van der Waals surface area contributed by atoms with Crippen LogP contribution in [0.5, 0.6) is 5.75 Å². The summed E-state index contributed by atoms with van der Waals surface area (Å²) in [5.74, 6) is 0.769. The third-order valence-electron chi connectivity index (χ3n) is 7.34. The second-order valence-corrected chi connectivity index (χ2v) is 10.3. The molecule has 204 valence electrons. The van der Waals surface area contributed by atoms with Crippen LogP contribution < -0.4 is 26.6 Å². The summed E-state index contributed by atoms with van der Waals surface area (Å²) >= 11 is 0. The lowest BCUT2D eigenvalue weighted by molar-refractivity contribution is 0.312. The molecule has 0 aliphatic carbocycles. The minimum atomic E-state index is 0.154. The molecule has 5 N–H and O–H groups in total. The topological polar surface area (TPSA) is 71.3 Å². The number of nitrogens with two attached hydrogens (primary N) is 1. The van der Waals surface area contributed by atoms with Crippen molar-refractivity contribution >= 4 is 27.2 Å². The van der Waals surface area contributed by atoms with Crippen molar-refractivity contribution < 1.29 is 4.74 Å². The van der Waals surface area contributed by atoms with Crippen molar-refractivity contribution in [1.82, 2.24) is 16.2 Å². The monoisotopic (exact) mass is 538 g/mol. The molecule has 1 aliphatic rings. The van der Waals surface area contributed by atoms with Crippen molar-refractivity contribution in [1.29, 1.82) is 0 Å². The fraction of sp³-hybridized carbons (Fsp3) is 0.111. The lowest BCUT2D eigenvalue weighted by Crippen LogP contribution is -2.26. The third-order valence-corrected chi connectivity index (χ3v) is 7.34. The number of aryl methyl sites for hydroxylation is 1. The van der Waals surface area contributed by atoms with E-state index in [9.17, 15) is 0 Å². The summed E-state index contributed by atoms with van der Waals surface area (Å²) in [6.07, 6.45) is 0.308. The Balaban J connectivity index is 0.000000156. The van der Waals surface area contributed by atoms with Crippen LogP contribution >= 0.6 is 0 Å². The second kappa shape index (κ2) is 12.2. The summed E-state index contributed by atoms with van der Waals surface area (Å²) < 4.78 is 6.15. The fourth-order valence-corrected chi connectivity index (χ4v) is 5.21. The fourth-order valence-electron chi connectivity index (χ4n) is 5.21. The lowest BCUT2D eigenvalue weighted by Gasteiger charge is -2.14. The summed E-state index contributed by atoms with van der Waals surface area (Å²) in [5.41, 5.74) is 18.3. The Morgan fingerprint density at radius 1 is 0.634 bits per heavy atom. The first-order chi connectivity index (χ1) is 20.2. The van der Waals surface area contributed by atoms with Gasteiger partial charge in [0.1, 0.15) is 6.61 Å². The van der Waals surface area contributed by atoms with Crippen molar-refractivity contribution in [3.05, 3.63) is 156 Å². The molecule has 6 aromatic rings. The van der Waals surface area contributed by atoms with Gasteiger partial charge >= 0.3 is 0 Å². The van der Waals surface area contributed by atoms with Crippen LogP contribution in [-0.2, 0) is 6.61 Å². The Hall–Kier alpha value is -4.68. The van der Waals surface area contributed by atoms with E-state index in [1.807, 2.05) is 36.4 Å². The van der Waals surface area contributed by atoms with Crippen molar-refractivity contribution in [2.75, 3.05) is 5.73 Å². The van der Waals surface area contributed by atoms with Crippen LogP contribution in [0.3, 0.4) is 0 Å². The smallest absolute Gasteiger partial charge is 0.151 e. The molecule has 5 heteroatoms. The van der Waals surface area contributed by atoms with Crippen molar-refractivity contribution in [2.24, 2.45) is 0 Å². The minimum absolute atomic E-state index is 0.154. The normalized spacial score (nSPS) is 16.3. The molecule has 0 amide bonds. The molecule has 1 aliphatic heterocycles. The molecular formula is C36H34N4O. The van der Waals surface area contributed by atoms with Gasteiger partial charge in [0.15, 0.2) is 5.75 Å². The van der Waals surface area contributed by atoms with Gasteiger partial charge in [0.05, 0.1) is 18.0 Å². The van der Waals surface area contributed by atoms with E-state index >= 15 is 0 Å². The highest BCUT2D eigenvalue weighted by Crippen LogP contribution is 2.38. The van der Waals surface area contributed by atoms with Crippen LogP contribution in [0.4, 0.5) is 5.69 Å². The zero-order valence-corrected chi connectivity index (χ0v) is 23.0.